The van der Waals surface area contributed by atoms with Crippen LogP contribution in [0.3, 0.4) is 0 Å². The second-order valence-corrected chi connectivity index (χ2v) is 7.56. The van der Waals surface area contributed by atoms with Gasteiger partial charge in [-0.3, -0.25) is 4.99 Å². The Bertz CT molecular complexity index is 436. The number of halogens is 3. The van der Waals surface area contributed by atoms with Crippen molar-refractivity contribution in [2.24, 2.45) is 4.99 Å². The van der Waals surface area contributed by atoms with Crippen molar-refractivity contribution in [3.05, 3.63) is 0 Å². The van der Waals surface area contributed by atoms with E-state index in [9.17, 15) is 21.6 Å². The molecule has 0 fully saturated rings. The van der Waals surface area contributed by atoms with Gasteiger partial charge in [-0.1, -0.05) is 0 Å². The fourth-order valence-corrected chi connectivity index (χ4v) is 2.43. The number of hydrogen-bond acceptors (Lipinski definition) is 3. The molecule has 9 heteroatoms. The highest BCUT2D eigenvalue weighted by Gasteiger charge is 2.25. The lowest BCUT2D eigenvalue weighted by Gasteiger charge is -2.17. The maximum Gasteiger partial charge on any atom is 0.389 e. The Morgan fingerprint density at radius 3 is 2.41 bits per heavy atom. The summed E-state index contributed by atoms with van der Waals surface area (Å²) in [6, 6.07) is -0.0947. The largest absolute Gasteiger partial charge is 0.389 e. The van der Waals surface area contributed by atoms with Crippen LogP contribution in [0.25, 0.3) is 0 Å². The summed E-state index contributed by atoms with van der Waals surface area (Å²) in [6.45, 7) is 4.63. The maximum atomic E-state index is 12.0. The molecule has 1 atom stereocenters. The van der Waals surface area contributed by atoms with Gasteiger partial charge in [-0.2, -0.15) is 13.2 Å². The van der Waals surface area contributed by atoms with E-state index in [4.69, 9.17) is 0 Å². The molecule has 2 N–H and O–H groups in total. The topological polar surface area (TPSA) is 70.6 Å². The first kappa shape index (κ1) is 21.0. The number of aliphatic imine (C=N–C) groups is 1. The molecule has 0 saturated heterocycles. The Kier molecular flexibility index (Phi) is 9.47. The lowest BCUT2D eigenvalue weighted by atomic mass is 10.2. The molecular formula is C13H26F3N3O2S. The van der Waals surface area contributed by atoms with Gasteiger partial charge in [0.15, 0.2) is 5.96 Å². The third kappa shape index (κ3) is 14.0. The van der Waals surface area contributed by atoms with E-state index in [-0.39, 0.29) is 18.2 Å². The molecule has 0 aromatic rings. The van der Waals surface area contributed by atoms with Crippen LogP contribution in [0.4, 0.5) is 13.2 Å². The molecule has 0 spiro atoms. The van der Waals surface area contributed by atoms with Crippen LogP contribution in [0.2, 0.25) is 0 Å². The van der Waals surface area contributed by atoms with Crippen LogP contribution in [0, 0.1) is 0 Å². The molecule has 0 aliphatic carbocycles. The molecule has 5 nitrogen and oxygen atoms in total. The van der Waals surface area contributed by atoms with Gasteiger partial charge in [0.1, 0.15) is 9.84 Å². The summed E-state index contributed by atoms with van der Waals surface area (Å²) < 4.78 is 58.2. The molecule has 0 bridgehead atoms. The van der Waals surface area contributed by atoms with Gasteiger partial charge < -0.3 is 10.6 Å². The van der Waals surface area contributed by atoms with Crippen molar-refractivity contribution in [3.63, 3.8) is 0 Å². The van der Waals surface area contributed by atoms with E-state index in [0.29, 0.717) is 31.9 Å². The third-order valence-corrected chi connectivity index (χ3v) is 3.76. The monoisotopic (exact) mass is 345 g/mol. The minimum Gasteiger partial charge on any atom is -0.357 e. The van der Waals surface area contributed by atoms with E-state index in [1.807, 2.05) is 13.8 Å². The van der Waals surface area contributed by atoms with Crippen LogP contribution in [-0.4, -0.2) is 51.7 Å². The van der Waals surface area contributed by atoms with Gasteiger partial charge in [-0.15, -0.1) is 0 Å². The van der Waals surface area contributed by atoms with Crippen LogP contribution >= 0.6 is 0 Å². The summed E-state index contributed by atoms with van der Waals surface area (Å²) >= 11 is 0. The first-order chi connectivity index (χ1) is 10.0. The molecule has 0 amide bonds. The molecule has 0 heterocycles. The Labute approximate surface area is 130 Å². The number of guanidine groups is 1. The second kappa shape index (κ2) is 9.91. The van der Waals surface area contributed by atoms with Crippen molar-refractivity contribution in [2.45, 2.75) is 51.7 Å². The van der Waals surface area contributed by atoms with E-state index in [1.165, 1.54) is 6.26 Å². The highest BCUT2D eigenvalue weighted by atomic mass is 32.2. The second-order valence-electron chi connectivity index (χ2n) is 5.30. The quantitative estimate of drug-likeness (QED) is 0.381. The predicted molar refractivity (Wildman–Crippen MR) is 82.8 cm³/mol. The fourth-order valence-electron chi connectivity index (χ4n) is 1.64. The Morgan fingerprint density at radius 1 is 1.27 bits per heavy atom. The number of hydrogen-bond donors (Lipinski definition) is 2. The van der Waals surface area contributed by atoms with Crippen molar-refractivity contribution < 1.29 is 21.6 Å². The summed E-state index contributed by atoms with van der Waals surface area (Å²) in [5.74, 6) is 0.571. The van der Waals surface area contributed by atoms with Crippen LogP contribution in [0.5, 0.6) is 0 Å². The average molecular weight is 345 g/mol. The predicted octanol–water partition coefficient (Wildman–Crippen LogP) is 2.10. The number of rotatable bonds is 9. The zero-order chi connectivity index (χ0) is 17.2. The van der Waals surface area contributed by atoms with E-state index in [0.717, 1.165) is 0 Å². The van der Waals surface area contributed by atoms with Gasteiger partial charge in [0.2, 0.25) is 0 Å². The Morgan fingerprint density at radius 2 is 1.91 bits per heavy atom. The van der Waals surface area contributed by atoms with Crippen molar-refractivity contribution in [1.29, 1.82) is 0 Å². The summed E-state index contributed by atoms with van der Waals surface area (Å²) in [5, 5.41) is 6.03. The van der Waals surface area contributed by atoms with Gasteiger partial charge >= 0.3 is 6.18 Å². The van der Waals surface area contributed by atoms with Gasteiger partial charge in [0, 0.05) is 31.8 Å². The summed E-state index contributed by atoms with van der Waals surface area (Å²) in [6.07, 6.45) is -2.88. The number of nitrogens with zero attached hydrogens (tertiary/aromatic N) is 1. The van der Waals surface area contributed by atoms with Gasteiger partial charge in [-0.25, -0.2) is 8.42 Å². The van der Waals surface area contributed by atoms with Crippen LogP contribution in [0.1, 0.15) is 39.5 Å². The van der Waals surface area contributed by atoms with Gasteiger partial charge in [-0.05, 0) is 33.1 Å². The maximum absolute atomic E-state index is 12.0. The summed E-state index contributed by atoms with van der Waals surface area (Å²) in [7, 11) is -3.01. The third-order valence-electron chi connectivity index (χ3n) is 2.79. The lowest BCUT2D eigenvalue weighted by molar-refractivity contribution is -0.135. The SMILES string of the molecule is CCNC(=NCCCCC(F)(F)F)NC(C)CCS(C)(=O)=O. The molecular weight excluding hydrogens is 319 g/mol. The smallest absolute Gasteiger partial charge is 0.357 e. The number of sulfone groups is 1. The molecule has 0 aliphatic heterocycles. The molecule has 132 valence electrons. The standard InChI is InChI=1S/C13H26F3N3O2S/c1-4-17-12(18-9-6-5-8-13(14,15)16)19-11(2)7-10-22(3,20)21/h11H,4-10H2,1-3H3,(H2,17,18,19). The molecule has 1 unspecified atom stereocenters. The minimum absolute atomic E-state index is 0.0516. The van der Waals surface area contributed by atoms with Crippen molar-refractivity contribution >= 4 is 15.8 Å². The summed E-state index contributed by atoms with van der Waals surface area (Å²) in [4.78, 5) is 4.20. The first-order valence-electron chi connectivity index (χ1n) is 7.33. The van der Waals surface area contributed by atoms with Crippen LogP contribution in [0.15, 0.2) is 4.99 Å². The zero-order valence-corrected chi connectivity index (χ0v) is 14.1. The highest BCUT2D eigenvalue weighted by molar-refractivity contribution is 7.90. The Balaban J connectivity index is 4.20. The molecule has 0 aromatic carbocycles. The average Bonchev–Trinajstić information content (AvgIpc) is 2.34. The zero-order valence-electron chi connectivity index (χ0n) is 13.3. The number of nitrogens with one attached hydrogen (secondary N) is 2. The molecule has 0 rings (SSSR count). The van der Waals surface area contributed by atoms with E-state index in [1.54, 1.807) is 0 Å². The van der Waals surface area contributed by atoms with Gasteiger partial charge in [0.25, 0.3) is 0 Å². The Hall–Kier alpha value is -0.990. The molecule has 0 saturated carbocycles. The van der Waals surface area contributed by atoms with Crippen molar-refractivity contribution in [1.82, 2.24) is 10.6 Å². The van der Waals surface area contributed by atoms with Crippen molar-refractivity contribution in [3.8, 4) is 0 Å². The first-order valence-corrected chi connectivity index (χ1v) is 9.39. The normalized spacial score (nSPS) is 14.7. The molecule has 0 radical (unpaired) electrons. The van der Waals surface area contributed by atoms with Crippen molar-refractivity contribution in [2.75, 3.05) is 25.1 Å². The van der Waals surface area contributed by atoms with Gasteiger partial charge in [0.05, 0.1) is 5.75 Å². The van der Waals surface area contributed by atoms with E-state index >= 15 is 0 Å². The molecule has 22 heavy (non-hydrogen) atoms. The van der Waals surface area contributed by atoms with Crippen LogP contribution in [-0.2, 0) is 9.84 Å². The summed E-state index contributed by atoms with van der Waals surface area (Å²) in [5.41, 5.74) is 0. The highest BCUT2D eigenvalue weighted by Crippen LogP contribution is 2.21. The van der Waals surface area contributed by atoms with E-state index in [2.05, 4.69) is 15.6 Å². The van der Waals surface area contributed by atoms with Crippen LogP contribution < -0.4 is 10.6 Å². The minimum atomic E-state index is -4.12. The molecule has 0 aromatic heterocycles. The number of unbranched alkanes of at least 4 members (excludes halogenated alkanes) is 1. The van der Waals surface area contributed by atoms with E-state index < -0.39 is 22.4 Å². The fraction of sp³-hybridized carbons (Fsp3) is 0.923. The molecule has 0 aliphatic rings. The number of alkyl halides is 3. The lowest BCUT2D eigenvalue weighted by Crippen LogP contribution is -2.42.